The number of aromatic nitrogens is 2. The number of fused-ring (bicyclic) bond motifs is 1. The maximum Gasteiger partial charge on any atom is 0.354 e. The molecule has 0 saturated heterocycles. The van der Waals surface area contributed by atoms with Crippen LogP contribution in [0.2, 0.25) is 0 Å². The number of carboxylic acid groups (broad SMARTS) is 1. The molecule has 5 heteroatoms. The quantitative estimate of drug-likeness (QED) is 0.883. The van der Waals surface area contributed by atoms with Gasteiger partial charge in [-0.05, 0) is 38.1 Å². The Morgan fingerprint density at radius 1 is 1.40 bits per heavy atom. The fraction of sp³-hybridized carbons (Fsp3) is 0.667. The van der Waals surface area contributed by atoms with Gasteiger partial charge in [0.15, 0.2) is 5.69 Å². The molecule has 2 atom stereocenters. The second kappa shape index (κ2) is 5.48. The van der Waals surface area contributed by atoms with E-state index in [4.69, 9.17) is 0 Å². The van der Waals surface area contributed by atoms with Crippen LogP contribution in [0.4, 0.5) is 0 Å². The van der Waals surface area contributed by atoms with E-state index in [1.54, 1.807) is 0 Å². The van der Waals surface area contributed by atoms with Crippen molar-refractivity contribution in [1.82, 2.24) is 15.3 Å². The number of carboxylic acids is 1. The molecule has 2 unspecified atom stereocenters. The number of hydrogen-bond donors (Lipinski definition) is 2. The molecule has 1 saturated carbocycles. The average molecular weight is 275 g/mol. The molecule has 1 aliphatic heterocycles. The maximum atomic E-state index is 11.4. The summed E-state index contributed by atoms with van der Waals surface area (Å²) >= 11 is 0. The Bertz CT molecular complexity index is 530. The zero-order chi connectivity index (χ0) is 14.1. The monoisotopic (exact) mass is 275 g/mol. The van der Waals surface area contributed by atoms with Gasteiger partial charge in [-0.2, -0.15) is 0 Å². The van der Waals surface area contributed by atoms with Crippen molar-refractivity contribution in [1.29, 1.82) is 0 Å². The van der Waals surface area contributed by atoms with Crippen LogP contribution in [0.1, 0.15) is 66.1 Å². The van der Waals surface area contributed by atoms with Gasteiger partial charge in [0.1, 0.15) is 5.82 Å². The largest absolute Gasteiger partial charge is 0.477 e. The Morgan fingerprint density at radius 3 is 2.95 bits per heavy atom. The highest BCUT2D eigenvalue weighted by Crippen LogP contribution is 2.38. The number of nitrogens with zero attached hydrogens (tertiary/aromatic N) is 2. The minimum Gasteiger partial charge on any atom is -0.477 e. The van der Waals surface area contributed by atoms with Crippen LogP contribution in [-0.4, -0.2) is 27.6 Å². The summed E-state index contributed by atoms with van der Waals surface area (Å²) in [5, 5.41) is 12.7. The van der Waals surface area contributed by atoms with Gasteiger partial charge in [-0.15, -0.1) is 0 Å². The summed E-state index contributed by atoms with van der Waals surface area (Å²) in [7, 11) is 0. The predicted molar refractivity (Wildman–Crippen MR) is 74.8 cm³/mol. The van der Waals surface area contributed by atoms with Crippen LogP contribution in [-0.2, 0) is 13.0 Å². The van der Waals surface area contributed by atoms with E-state index in [0.29, 0.717) is 18.9 Å². The molecule has 5 nitrogen and oxygen atoms in total. The first-order valence-electron chi connectivity index (χ1n) is 7.52. The van der Waals surface area contributed by atoms with Crippen molar-refractivity contribution in [3.63, 3.8) is 0 Å². The third-order valence-corrected chi connectivity index (χ3v) is 4.64. The Balaban J connectivity index is 1.96. The Kier molecular flexibility index (Phi) is 3.70. The molecule has 0 radical (unpaired) electrons. The van der Waals surface area contributed by atoms with Gasteiger partial charge in [-0.1, -0.05) is 13.3 Å². The lowest BCUT2D eigenvalue weighted by Gasteiger charge is -2.20. The summed E-state index contributed by atoms with van der Waals surface area (Å²) in [4.78, 5) is 20.5. The standard InChI is InChI=1S/C15H21N3O2/c1-2-9-3-4-10(7-9)14-17-12-8-16-6-5-11(12)13(18-14)15(19)20/h9-10,16H,2-8H2,1H3,(H,19,20). The lowest BCUT2D eigenvalue weighted by atomic mass is 10.00. The normalized spacial score (nSPS) is 25.4. The second-order valence-corrected chi connectivity index (χ2v) is 5.87. The summed E-state index contributed by atoms with van der Waals surface area (Å²) in [5.74, 6) is 0.911. The smallest absolute Gasteiger partial charge is 0.354 e. The molecule has 108 valence electrons. The number of rotatable bonds is 3. The molecule has 2 heterocycles. The second-order valence-electron chi connectivity index (χ2n) is 5.87. The van der Waals surface area contributed by atoms with E-state index in [2.05, 4.69) is 22.2 Å². The SMILES string of the molecule is CCC1CCC(c2nc3c(c(C(=O)O)n2)CCNC3)C1. The van der Waals surface area contributed by atoms with Crippen LogP contribution in [0.3, 0.4) is 0 Å². The van der Waals surface area contributed by atoms with Crippen molar-refractivity contribution in [3.05, 3.63) is 22.8 Å². The van der Waals surface area contributed by atoms with E-state index < -0.39 is 5.97 Å². The topological polar surface area (TPSA) is 75.1 Å². The Morgan fingerprint density at radius 2 is 2.25 bits per heavy atom. The summed E-state index contributed by atoms with van der Waals surface area (Å²) in [6, 6.07) is 0. The van der Waals surface area contributed by atoms with Crippen molar-refractivity contribution < 1.29 is 9.90 Å². The summed E-state index contributed by atoms with van der Waals surface area (Å²) < 4.78 is 0. The minimum atomic E-state index is -0.920. The van der Waals surface area contributed by atoms with Gasteiger partial charge in [0.05, 0.1) is 5.69 Å². The fourth-order valence-corrected chi connectivity index (χ4v) is 3.42. The fourth-order valence-electron chi connectivity index (χ4n) is 3.42. The number of aromatic carboxylic acids is 1. The average Bonchev–Trinajstić information content (AvgIpc) is 2.95. The zero-order valence-corrected chi connectivity index (χ0v) is 11.9. The summed E-state index contributed by atoms with van der Waals surface area (Å²) in [6.45, 7) is 3.68. The van der Waals surface area contributed by atoms with Gasteiger partial charge >= 0.3 is 5.97 Å². The highest BCUT2D eigenvalue weighted by Gasteiger charge is 2.29. The molecule has 1 fully saturated rings. The number of hydrogen-bond acceptors (Lipinski definition) is 4. The van der Waals surface area contributed by atoms with Crippen LogP contribution in [0, 0.1) is 5.92 Å². The van der Waals surface area contributed by atoms with Gasteiger partial charge < -0.3 is 10.4 Å². The number of nitrogens with one attached hydrogen (secondary N) is 1. The van der Waals surface area contributed by atoms with Gasteiger partial charge in [-0.25, -0.2) is 14.8 Å². The molecule has 1 aromatic rings. The van der Waals surface area contributed by atoms with Crippen molar-refractivity contribution in [2.24, 2.45) is 5.92 Å². The van der Waals surface area contributed by atoms with E-state index in [1.165, 1.54) is 12.8 Å². The van der Waals surface area contributed by atoms with Crippen LogP contribution < -0.4 is 5.32 Å². The lowest BCUT2D eigenvalue weighted by molar-refractivity contribution is 0.0688. The lowest BCUT2D eigenvalue weighted by Crippen LogP contribution is -2.28. The van der Waals surface area contributed by atoms with Gasteiger partial charge in [0, 0.05) is 18.0 Å². The van der Waals surface area contributed by atoms with Crippen molar-refractivity contribution in [3.8, 4) is 0 Å². The van der Waals surface area contributed by atoms with Crippen molar-refractivity contribution in [2.45, 2.75) is 51.5 Å². The molecule has 2 aliphatic rings. The third-order valence-electron chi connectivity index (χ3n) is 4.64. The first kappa shape index (κ1) is 13.5. The van der Waals surface area contributed by atoms with Crippen molar-refractivity contribution in [2.75, 3.05) is 6.54 Å². The van der Waals surface area contributed by atoms with E-state index in [9.17, 15) is 9.90 Å². The molecule has 0 aromatic carbocycles. The molecule has 3 rings (SSSR count). The predicted octanol–water partition coefficient (Wildman–Crippen LogP) is 2.11. The molecule has 0 bridgehead atoms. The highest BCUT2D eigenvalue weighted by atomic mass is 16.4. The number of carbonyl (C=O) groups is 1. The van der Waals surface area contributed by atoms with E-state index in [-0.39, 0.29) is 5.69 Å². The summed E-state index contributed by atoms with van der Waals surface area (Å²) in [5.41, 5.74) is 1.94. The van der Waals surface area contributed by atoms with Crippen LogP contribution in [0.25, 0.3) is 0 Å². The first-order valence-corrected chi connectivity index (χ1v) is 7.52. The van der Waals surface area contributed by atoms with E-state index >= 15 is 0 Å². The van der Waals surface area contributed by atoms with Crippen LogP contribution in [0.5, 0.6) is 0 Å². The molecule has 0 spiro atoms. The Labute approximate surface area is 118 Å². The molecular formula is C15H21N3O2. The van der Waals surface area contributed by atoms with Crippen LogP contribution >= 0.6 is 0 Å². The molecule has 1 aliphatic carbocycles. The molecule has 20 heavy (non-hydrogen) atoms. The van der Waals surface area contributed by atoms with E-state index in [1.807, 2.05) is 0 Å². The molecule has 2 N–H and O–H groups in total. The third kappa shape index (κ3) is 2.42. The minimum absolute atomic E-state index is 0.228. The zero-order valence-electron chi connectivity index (χ0n) is 11.9. The first-order chi connectivity index (χ1) is 9.69. The summed E-state index contributed by atoms with van der Waals surface area (Å²) in [6.07, 6.45) is 5.29. The van der Waals surface area contributed by atoms with Gasteiger partial charge in [-0.3, -0.25) is 0 Å². The van der Waals surface area contributed by atoms with Crippen LogP contribution in [0.15, 0.2) is 0 Å². The molecule has 1 aromatic heterocycles. The van der Waals surface area contributed by atoms with Gasteiger partial charge in [0.2, 0.25) is 0 Å². The van der Waals surface area contributed by atoms with Crippen molar-refractivity contribution >= 4 is 5.97 Å². The maximum absolute atomic E-state index is 11.4. The highest BCUT2D eigenvalue weighted by molar-refractivity contribution is 5.87. The Hall–Kier alpha value is -1.49. The molecule has 0 amide bonds. The molecular weight excluding hydrogens is 254 g/mol. The van der Waals surface area contributed by atoms with Gasteiger partial charge in [0.25, 0.3) is 0 Å². The van der Waals surface area contributed by atoms with E-state index in [0.717, 1.165) is 42.4 Å².